The second-order valence-corrected chi connectivity index (χ2v) is 6.72. The van der Waals surface area contributed by atoms with Crippen LogP contribution in [-0.2, 0) is 9.53 Å². The van der Waals surface area contributed by atoms with Crippen molar-refractivity contribution in [2.45, 2.75) is 52.1 Å². The summed E-state index contributed by atoms with van der Waals surface area (Å²) in [6.07, 6.45) is 2.83. The van der Waals surface area contributed by atoms with Gasteiger partial charge in [-0.15, -0.1) is 0 Å². The molecule has 1 saturated heterocycles. The van der Waals surface area contributed by atoms with Gasteiger partial charge in [0.2, 0.25) is 0 Å². The standard InChI is InChI=1S/C19H26N2O7/c1-5-27-17-10-15(21(24)25)14(9-16(17)26-4)19(23)28-11-18(22)20-12(2)7-6-8-13(20)3/h9-10,12-13H,5-8,11H2,1-4H3/t12-,13-/m1/s1. The zero-order chi connectivity index (χ0) is 20.8. The molecule has 0 aliphatic carbocycles. The van der Waals surface area contributed by atoms with Crippen LogP contribution in [-0.4, -0.2) is 54.1 Å². The Labute approximate surface area is 163 Å². The minimum absolute atomic E-state index is 0.0647. The molecule has 2 atom stereocenters. The first-order valence-corrected chi connectivity index (χ1v) is 9.27. The zero-order valence-electron chi connectivity index (χ0n) is 16.6. The highest BCUT2D eigenvalue weighted by Gasteiger charge is 2.31. The van der Waals surface area contributed by atoms with Gasteiger partial charge in [0, 0.05) is 18.2 Å². The van der Waals surface area contributed by atoms with Gasteiger partial charge in [-0.3, -0.25) is 14.9 Å². The van der Waals surface area contributed by atoms with Crippen LogP contribution in [0.15, 0.2) is 12.1 Å². The normalized spacial score (nSPS) is 19.1. The summed E-state index contributed by atoms with van der Waals surface area (Å²) in [7, 11) is 1.36. The predicted molar refractivity (Wildman–Crippen MR) is 101 cm³/mol. The van der Waals surface area contributed by atoms with Crippen molar-refractivity contribution < 1.29 is 28.7 Å². The number of nitro groups is 1. The highest BCUT2D eigenvalue weighted by Crippen LogP contribution is 2.35. The molecule has 0 bridgehead atoms. The van der Waals surface area contributed by atoms with E-state index in [1.165, 1.54) is 13.2 Å². The molecule has 1 aromatic carbocycles. The van der Waals surface area contributed by atoms with Crippen LogP contribution in [0.4, 0.5) is 5.69 Å². The first kappa shape index (κ1) is 21.5. The number of hydrogen-bond acceptors (Lipinski definition) is 7. The Morgan fingerprint density at radius 2 is 1.86 bits per heavy atom. The minimum Gasteiger partial charge on any atom is -0.493 e. The van der Waals surface area contributed by atoms with E-state index in [-0.39, 0.29) is 41.7 Å². The molecule has 1 aliphatic rings. The number of benzene rings is 1. The molecule has 1 fully saturated rings. The maximum atomic E-state index is 12.5. The summed E-state index contributed by atoms with van der Waals surface area (Å²) in [4.78, 5) is 37.4. The predicted octanol–water partition coefficient (Wildman–Crippen LogP) is 2.95. The Morgan fingerprint density at radius 1 is 1.21 bits per heavy atom. The third kappa shape index (κ3) is 4.71. The van der Waals surface area contributed by atoms with Crippen molar-refractivity contribution in [3.8, 4) is 11.5 Å². The highest BCUT2D eigenvalue weighted by molar-refractivity contribution is 5.96. The second-order valence-electron chi connectivity index (χ2n) is 6.72. The highest BCUT2D eigenvalue weighted by atomic mass is 16.6. The Morgan fingerprint density at radius 3 is 2.39 bits per heavy atom. The van der Waals surface area contributed by atoms with Gasteiger partial charge in [-0.05, 0) is 40.0 Å². The van der Waals surface area contributed by atoms with Crippen LogP contribution in [0.25, 0.3) is 0 Å². The average Bonchev–Trinajstić information content (AvgIpc) is 2.65. The quantitative estimate of drug-likeness (QED) is 0.397. The van der Waals surface area contributed by atoms with Crippen LogP contribution in [0, 0.1) is 10.1 Å². The number of likely N-dealkylation sites (tertiary alicyclic amines) is 1. The molecule has 0 spiro atoms. The first-order chi connectivity index (χ1) is 13.3. The fourth-order valence-electron chi connectivity index (χ4n) is 3.48. The summed E-state index contributed by atoms with van der Waals surface area (Å²) < 4.78 is 15.6. The van der Waals surface area contributed by atoms with E-state index in [1.807, 2.05) is 13.8 Å². The molecule has 1 aliphatic heterocycles. The van der Waals surface area contributed by atoms with E-state index in [0.29, 0.717) is 0 Å². The van der Waals surface area contributed by atoms with Crippen LogP contribution < -0.4 is 9.47 Å². The van der Waals surface area contributed by atoms with Crippen molar-refractivity contribution in [2.24, 2.45) is 0 Å². The number of nitro benzene ring substituents is 1. The van der Waals surface area contributed by atoms with E-state index in [2.05, 4.69) is 0 Å². The molecule has 154 valence electrons. The number of hydrogen-bond donors (Lipinski definition) is 0. The fraction of sp³-hybridized carbons (Fsp3) is 0.579. The maximum Gasteiger partial charge on any atom is 0.345 e. The van der Waals surface area contributed by atoms with Crippen LogP contribution in [0.5, 0.6) is 11.5 Å². The molecule has 1 amide bonds. The van der Waals surface area contributed by atoms with Gasteiger partial charge in [0.1, 0.15) is 5.56 Å². The number of piperidine rings is 1. The third-order valence-electron chi connectivity index (χ3n) is 4.81. The lowest BCUT2D eigenvalue weighted by Gasteiger charge is -2.38. The summed E-state index contributed by atoms with van der Waals surface area (Å²) in [6, 6.07) is 2.45. The Bertz CT molecular complexity index is 740. The first-order valence-electron chi connectivity index (χ1n) is 9.27. The Hall–Kier alpha value is -2.84. The lowest BCUT2D eigenvalue weighted by Crippen LogP contribution is -2.49. The van der Waals surface area contributed by atoms with Gasteiger partial charge in [-0.1, -0.05) is 0 Å². The number of carbonyl (C=O) groups is 2. The van der Waals surface area contributed by atoms with Crippen molar-refractivity contribution in [1.82, 2.24) is 4.90 Å². The minimum atomic E-state index is -0.960. The largest absolute Gasteiger partial charge is 0.493 e. The molecule has 0 N–H and O–H groups in total. The van der Waals surface area contributed by atoms with Gasteiger partial charge >= 0.3 is 5.97 Å². The van der Waals surface area contributed by atoms with Crippen LogP contribution in [0.2, 0.25) is 0 Å². The number of esters is 1. The molecule has 0 radical (unpaired) electrons. The summed E-state index contributed by atoms with van der Waals surface area (Å²) in [5, 5.41) is 11.4. The SMILES string of the molecule is CCOc1cc([N+](=O)[O-])c(C(=O)OCC(=O)N2[C@H](C)CCC[C@H]2C)cc1OC. The molecular formula is C19H26N2O7. The Kier molecular flexibility index (Phi) is 7.19. The number of nitrogens with zero attached hydrogens (tertiary/aromatic N) is 2. The monoisotopic (exact) mass is 394 g/mol. The molecule has 2 rings (SSSR count). The van der Waals surface area contributed by atoms with E-state index in [0.717, 1.165) is 25.3 Å². The molecule has 28 heavy (non-hydrogen) atoms. The van der Waals surface area contributed by atoms with Crippen molar-refractivity contribution in [2.75, 3.05) is 20.3 Å². The second kappa shape index (κ2) is 9.38. The van der Waals surface area contributed by atoms with Crippen LogP contribution >= 0.6 is 0 Å². The van der Waals surface area contributed by atoms with Crippen molar-refractivity contribution in [1.29, 1.82) is 0 Å². The van der Waals surface area contributed by atoms with Crippen molar-refractivity contribution in [3.05, 3.63) is 27.8 Å². The molecule has 9 heteroatoms. The average molecular weight is 394 g/mol. The van der Waals surface area contributed by atoms with Crippen LogP contribution in [0.3, 0.4) is 0 Å². The van der Waals surface area contributed by atoms with Gasteiger partial charge < -0.3 is 19.1 Å². The molecular weight excluding hydrogens is 368 g/mol. The Balaban J connectivity index is 2.18. The molecule has 0 saturated carbocycles. The van der Waals surface area contributed by atoms with Gasteiger partial charge in [-0.25, -0.2) is 4.79 Å². The number of ether oxygens (including phenoxy) is 3. The zero-order valence-corrected chi connectivity index (χ0v) is 16.6. The number of methoxy groups -OCH3 is 1. The number of rotatable bonds is 7. The lowest BCUT2D eigenvalue weighted by molar-refractivity contribution is -0.385. The molecule has 0 unspecified atom stereocenters. The van der Waals surface area contributed by atoms with E-state index in [1.54, 1.807) is 11.8 Å². The van der Waals surface area contributed by atoms with Gasteiger partial charge in [-0.2, -0.15) is 0 Å². The van der Waals surface area contributed by atoms with E-state index in [9.17, 15) is 19.7 Å². The van der Waals surface area contributed by atoms with Gasteiger partial charge in [0.25, 0.3) is 11.6 Å². The van der Waals surface area contributed by atoms with E-state index < -0.39 is 23.2 Å². The van der Waals surface area contributed by atoms with Gasteiger partial charge in [0.05, 0.1) is 24.7 Å². The maximum absolute atomic E-state index is 12.5. The number of amides is 1. The third-order valence-corrected chi connectivity index (χ3v) is 4.81. The smallest absolute Gasteiger partial charge is 0.345 e. The summed E-state index contributed by atoms with van der Waals surface area (Å²) >= 11 is 0. The fourth-order valence-corrected chi connectivity index (χ4v) is 3.48. The van der Waals surface area contributed by atoms with E-state index in [4.69, 9.17) is 14.2 Å². The molecule has 1 heterocycles. The molecule has 9 nitrogen and oxygen atoms in total. The molecule has 0 aromatic heterocycles. The summed E-state index contributed by atoms with van der Waals surface area (Å²) in [5.41, 5.74) is -0.765. The van der Waals surface area contributed by atoms with Crippen molar-refractivity contribution >= 4 is 17.6 Å². The van der Waals surface area contributed by atoms with Gasteiger partial charge in [0.15, 0.2) is 18.1 Å². The van der Waals surface area contributed by atoms with E-state index >= 15 is 0 Å². The molecule has 1 aromatic rings. The topological polar surface area (TPSA) is 108 Å². The number of carbonyl (C=O) groups excluding carboxylic acids is 2. The summed E-state index contributed by atoms with van der Waals surface area (Å²) in [5.74, 6) is -0.948. The lowest BCUT2D eigenvalue weighted by atomic mass is 9.97. The summed E-state index contributed by atoms with van der Waals surface area (Å²) in [6.45, 7) is 5.44. The van der Waals surface area contributed by atoms with Crippen molar-refractivity contribution in [3.63, 3.8) is 0 Å². The van der Waals surface area contributed by atoms with Crippen LogP contribution in [0.1, 0.15) is 50.4 Å².